The van der Waals surface area contributed by atoms with Crippen LogP contribution in [0.4, 0.5) is 0 Å². The molecule has 0 aromatic heterocycles. The van der Waals surface area contributed by atoms with Crippen LogP contribution in [0.15, 0.2) is 91.0 Å². The summed E-state index contributed by atoms with van der Waals surface area (Å²) >= 11 is 0. The van der Waals surface area contributed by atoms with Crippen LogP contribution in [0.2, 0.25) is 0 Å². The number of likely N-dealkylation sites (N-methyl/N-ethyl adjacent to an activating group) is 1. The maximum absolute atomic E-state index is 13.1. The second-order valence-corrected chi connectivity index (χ2v) is 7.76. The maximum Gasteiger partial charge on any atom is 0.318 e. The van der Waals surface area contributed by atoms with E-state index in [0.29, 0.717) is 6.61 Å². The van der Waals surface area contributed by atoms with Gasteiger partial charge in [-0.1, -0.05) is 91.0 Å². The van der Waals surface area contributed by atoms with Crippen molar-refractivity contribution in [3.05, 3.63) is 108 Å². The molecule has 3 heteroatoms. The fourth-order valence-corrected chi connectivity index (χ4v) is 3.99. The van der Waals surface area contributed by atoms with Gasteiger partial charge in [0.15, 0.2) is 0 Å². The Balaban J connectivity index is 1.70. The summed E-state index contributed by atoms with van der Waals surface area (Å²) < 4.78 is 6.76. The Morgan fingerprint density at radius 2 is 1.23 bits per heavy atom. The van der Waals surface area contributed by atoms with Crippen molar-refractivity contribution in [3.8, 4) is 0 Å². The predicted molar refractivity (Wildman–Crippen MR) is 122 cm³/mol. The molecule has 0 bridgehead atoms. The first-order valence-corrected chi connectivity index (χ1v) is 10.8. The normalized spacial score (nSPS) is 11.4. The van der Waals surface area contributed by atoms with Gasteiger partial charge in [0, 0.05) is 5.56 Å². The summed E-state index contributed by atoms with van der Waals surface area (Å²) in [5.74, 6) is -0.580. The molecule has 0 atom stereocenters. The molecule has 30 heavy (non-hydrogen) atoms. The van der Waals surface area contributed by atoms with Crippen molar-refractivity contribution in [3.63, 3.8) is 0 Å². The van der Waals surface area contributed by atoms with Crippen molar-refractivity contribution in [1.29, 1.82) is 0 Å². The Kier molecular flexibility index (Phi) is 7.81. The number of esters is 1. The smallest absolute Gasteiger partial charge is 0.318 e. The van der Waals surface area contributed by atoms with Gasteiger partial charge in [-0.2, -0.15) is 0 Å². The third kappa shape index (κ3) is 5.58. The molecule has 0 aliphatic carbocycles. The van der Waals surface area contributed by atoms with Crippen molar-refractivity contribution >= 4 is 5.97 Å². The number of hydrogen-bond donors (Lipinski definition) is 0. The van der Waals surface area contributed by atoms with Crippen molar-refractivity contribution in [2.45, 2.75) is 26.3 Å². The van der Waals surface area contributed by atoms with Crippen LogP contribution in [0.1, 0.15) is 36.5 Å². The minimum atomic E-state index is -0.397. The van der Waals surface area contributed by atoms with Crippen LogP contribution in [0.3, 0.4) is 0 Å². The van der Waals surface area contributed by atoms with E-state index < -0.39 is 5.92 Å². The van der Waals surface area contributed by atoms with Gasteiger partial charge in [-0.25, -0.2) is 0 Å². The maximum atomic E-state index is 13.1. The molecule has 0 unspecified atom stereocenters. The van der Waals surface area contributed by atoms with Gasteiger partial charge in [0.05, 0.1) is 13.1 Å². The lowest BCUT2D eigenvalue weighted by Crippen LogP contribution is -2.49. The van der Waals surface area contributed by atoms with Gasteiger partial charge in [-0.15, -0.1) is 0 Å². The topological polar surface area (TPSA) is 26.3 Å². The highest BCUT2D eigenvalue weighted by Gasteiger charge is 2.27. The van der Waals surface area contributed by atoms with Crippen LogP contribution >= 0.6 is 0 Å². The fraction of sp³-hybridized carbons (Fsp3) is 0.296. The molecule has 0 saturated heterocycles. The van der Waals surface area contributed by atoms with Gasteiger partial charge < -0.3 is 9.22 Å². The second kappa shape index (κ2) is 10.7. The van der Waals surface area contributed by atoms with Gasteiger partial charge in [0.2, 0.25) is 0 Å². The van der Waals surface area contributed by atoms with Gasteiger partial charge in [0.1, 0.15) is 25.6 Å². The van der Waals surface area contributed by atoms with E-state index in [-0.39, 0.29) is 5.97 Å². The first-order chi connectivity index (χ1) is 14.7. The fourth-order valence-electron chi connectivity index (χ4n) is 3.99. The standard InChI is InChI=1S/C27H32NO2/c1-3-28(4-2,22-23-14-8-5-9-15-23)20-21-30-27(29)26(24-16-10-6-11-17-24)25-18-12-7-13-19-25/h5-19,26H,3-4,20-22H2,1-2H3/q+1. The molecular formula is C27H32NO2+. The SMILES string of the molecule is CC[N+](CC)(CCOC(=O)C(c1ccccc1)c1ccccc1)Cc1ccccc1. The quantitative estimate of drug-likeness (QED) is 0.334. The van der Waals surface area contributed by atoms with E-state index in [1.54, 1.807) is 0 Å². The molecule has 3 aromatic carbocycles. The number of quaternary nitrogens is 1. The number of benzene rings is 3. The Hall–Kier alpha value is -2.91. The number of nitrogens with zero attached hydrogens (tertiary/aromatic N) is 1. The third-order valence-corrected chi connectivity index (χ3v) is 6.01. The summed E-state index contributed by atoms with van der Waals surface area (Å²) in [6.07, 6.45) is 0. The molecule has 0 aliphatic heterocycles. The molecule has 0 N–H and O–H groups in total. The molecule has 0 amide bonds. The second-order valence-electron chi connectivity index (χ2n) is 7.76. The van der Waals surface area contributed by atoms with Gasteiger partial charge >= 0.3 is 5.97 Å². The zero-order valence-corrected chi connectivity index (χ0v) is 18.0. The summed E-state index contributed by atoms with van der Waals surface area (Å²) in [4.78, 5) is 13.1. The summed E-state index contributed by atoms with van der Waals surface area (Å²) in [6.45, 7) is 8.61. The minimum Gasteiger partial charge on any atom is -0.459 e. The highest BCUT2D eigenvalue weighted by molar-refractivity contribution is 5.82. The Labute approximate surface area is 180 Å². The van der Waals surface area contributed by atoms with Crippen LogP contribution in [-0.2, 0) is 16.1 Å². The summed E-state index contributed by atoms with van der Waals surface area (Å²) in [5.41, 5.74) is 3.24. The molecule has 0 heterocycles. The third-order valence-electron chi connectivity index (χ3n) is 6.01. The Bertz CT molecular complexity index is 850. The number of rotatable bonds is 10. The number of carbonyl (C=O) groups excluding carboxylic acids is 1. The Morgan fingerprint density at radius 3 is 1.70 bits per heavy atom. The Morgan fingerprint density at radius 1 is 0.767 bits per heavy atom. The lowest BCUT2D eigenvalue weighted by molar-refractivity contribution is -0.937. The van der Waals surface area contributed by atoms with Crippen LogP contribution < -0.4 is 0 Å². The predicted octanol–water partition coefficient (Wildman–Crippen LogP) is 5.42. The molecule has 3 rings (SSSR count). The van der Waals surface area contributed by atoms with E-state index >= 15 is 0 Å². The van der Waals surface area contributed by atoms with E-state index in [9.17, 15) is 4.79 Å². The average molecular weight is 403 g/mol. The van der Waals surface area contributed by atoms with Crippen LogP contribution in [0.5, 0.6) is 0 Å². The van der Waals surface area contributed by atoms with Gasteiger partial charge in [0.25, 0.3) is 0 Å². The molecule has 3 aromatic rings. The zero-order chi connectivity index (χ0) is 21.2. The molecule has 156 valence electrons. The molecule has 3 nitrogen and oxygen atoms in total. The molecule has 0 spiro atoms. The number of hydrogen-bond acceptors (Lipinski definition) is 2. The summed E-state index contributed by atoms with van der Waals surface area (Å²) in [5, 5.41) is 0. The lowest BCUT2D eigenvalue weighted by atomic mass is 9.91. The molecular weight excluding hydrogens is 370 g/mol. The molecule has 0 radical (unpaired) electrons. The van der Waals surface area contributed by atoms with Crippen molar-refractivity contribution < 1.29 is 14.0 Å². The van der Waals surface area contributed by atoms with Crippen LogP contribution in [0.25, 0.3) is 0 Å². The lowest BCUT2D eigenvalue weighted by Gasteiger charge is -2.37. The first kappa shape index (κ1) is 21.8. The number of carbonyl (C=O) groups is 1. The van der Waals surface area contributed by atoms with E-state index in [0.717, 1.165) is 41.8 Å². The highest BCUT2D eigenvalue weighted by Crippen LogP contribution is 2.26. The minimum absolute atomic E-state index is 0.183. The average Bonchev–Trinajstić information content (AvgIpc) is 2.81. The first-order valence-electron chi connectivity index (χ1n) is 10.8. The summed E-state index contributed by atoms with van der Waals surface area (Å²) in [6, 6.07) is 30.3. The summed E-state index contributed by atoms with van der Waals surface area (Å²) in [7, 11) is 0. The van der Waals surface area contributed by atoms with Crippen molar-refractivity contribution in [2.24, 2.45) is 0 Å². The highest BCUT2D eigenvalue weighted by atomic mass is 16.5. The molecule has 0 fully saturated rings. The van der Waals surface area contributed by atoms with Gasteiger partial charge in [-0.3, -0.25) is 4.79 Å². The monoisotopic (exact) mass is 402 g/mol. The van der Waals surface area contributed by atoms with E-state index in [4.69, 9.17) is 4.74 Å². The molecule has 0 aliphatic rings. The zero-order valence-electron chi connectivity index (χ0n) is 18.0. The van der Waals surface area contributed by atoms with Crippen LogP contribution in [-0.4, -0.2) is 36.7 Å². The van der Waals surface area contributed by atoms with Gasteiger partial charge in [-0.05, 0) is 25.0 Å². The van der Waals surface area contributed by atoms with E-state index in [2.05, 4.69) is 38.1 Å². The van der Waals surface area contributed by atoms with Crippen LogP contribution in [0, 0.1) is 0 Å². The van der Waals surface area contributed by atoms with Crippen molar-refractivity contribution in [1.82, 2.24) is 0 Å². The van der Waals surface area contributed by atoms with Crippen molar-refractivity contribution in [2.75, 3.05) is 26.2 Å². The molecule has 0 saturated carbocycles. The van der Waals surface area contributed by atoms with E-state index in [1.165, 1.54) is 5.56 Å². The van der Waals surface area contributed by atoms with E-state index in [1.807, 2.05) is 66.7 Å². The largest absolute Gasteiger partial charge is 0.459 e. The number of ether oxygens (including phenoxy) is 1.